The van der Waals surface area contributed by atoms with E-state index in [1.807, 2.05) is 0 Å². The summed E-state index contributed by atoms with van der Waals surface area (Å²) in [6, 6.07) is 0.832. The minimum absolute atomic E-state index is 0.456. The molecule has 0 aromatic rings. The predicted octanol–water partition coefficient (Wildman–Crippen LogP) is 2.97. The molecule has 0 bridgehead atoms. The van der Waals surface area contributed by atoms with Crippen LogP contribution in [-0.4, -0.2) is 25.8 Å². The van der Waals surface area contributed by atoms with Crippen molar-refractivity contribution in [3.05, 3.63) is 0 Å². The van der Waals surface area contributed by atoms with Gasteiger partial charge in [-0.1, -0.05) is 26.7 Å². The van der Waals surface area contributed by atoms with Crippen molar-refractivity contribution in [2.75, 3.05) is 19.8 Å². The Morgan fingerprint density at radius 2 is 2.25 bits per heavy atom. The molecule has 0 aromatic carbocycles. The number of ether oxygens (including phenoxy) is 1. The van der Waals surface area contributed by atoms with E-state index in [9.17, 15) is 0 Å². The lowest BCUT2D eigenvalue weighted by Gasteiger charge is -2.30. The fourth-order valence-electron chi connectivity index (χ4n) is 3.00. The van der Waals surface area contributed by atoms with Crippen molar-refractivity contribution in [3.8, 4) is 0 Å². The molecule has 1 N–H and O–H groups in total. The van der Waals surface area contributed by atoms with Gasteiger partial charge in [0.1, 0.15) is 0 Å². The highest BCUT2D eigenvalue weighted by Gasteiger charge is 2.37. The second-order valence-electron chi connectivity index (χ2n) is 6.06. The molecule has 1 heterocycles. The SMILES string of the molecule is CCCC(C)CC1(CNC2CC2)CCOC1. The molecule has 1 saturated heterocycles. The van der Waals surface area contributed by atoms with Crippen LogP contribution in [0.1, 0.15) is 52.4 Å². The lowest BCUT2D eigenvalue weighted by atomic mass is 9.78. The molecule has 1 aliphatic carbocycles. The van der Waals surface area contributed by atoms with Crippen molar-refractivity contribution in [2.24, 2.45) is 11.3 Å². The summed E-state index contributed by atoms with van der Waals surface area (Å²) in [6.07, 6.45) is 8.07. The molecule has 2 heteroatoms. The molecule has 2 rings (SSSR count). The first kappa shape index (κ1) is 12.4. The molecule has 94 valence electrons. The normalized spacial score (nSPS) is 31.9. The van der Waals surface area contributed by atoms with Crippen LogP contribution in [0.2, 0.25) is 0 Å². The summed E-state index contributed by atoms with van der Waals surface area (Å²) in [5.74, 6) is 0.854. The third-order valence-electron chi connectivity index (χ3n) is 4.09. The molecule has 0 amide bonds. The molecule has 0 radical (unpaired) electrons. The van der Waals surface area contributed by atoms with Gasteiger partial charge in [0.05, 0.1) is 6.61 Å². The largest absolute Gasteiger partial charge is 0.381 e. The maximum absolute atomic E-state index is 5.65. The quantitative estimate of drug-likeness (QED) is 0.719. The van der Waals surface area contributed by atoms with E-state index in [4.69, 9.17) is 4.74 Å². The fourth-order valence-corrected chi connectivity index (χ4v) is 3.00. The third-order valence-corrected chi connectivity index (χ3v) is 4.09. The van der Waals surface area contributed by atoms with Gasteiger partial charge in [0.25, 0.3) is 0 Å². The van der Waals surface area contributed by atoms with Gasteiger partial charge in [-0.2, -0.15) is 0 Å². The lowest BCUT2D eigenvalue weighted by Crippen LogP contribution is -2.37. The van der Waals surface area contributed by atoms with Gasteiger partial charge in [-0.15, -0.1) is 0 Å². The first-order valence-corrected chi connectivity index (χ1v) is 7.05. The highest BCUT2D eigenvalue weighted by molar-refractivity contribution is 4.90. The molecule has 2 atom stereocenters. The van der Waals surface area contributed by atoms with Crippen molar-refractivity contribution in [1.29, 1.82) is 0 Å². The molecular weight excluding hydrogens is 198 g/mol. The maximum atomic E-state index is 5.65. The first-order valence-electron chi connectivity index (χ1n) is 7.05. The third kappa shape index (κ3) is 3.46. The van der Waals surface area contributed by atoms with Gasteiger partial charge in [-0.05, 0) is 31.6 Å². The summed E-state index contributed by atoms with van der Waals surface area (Å²) in [5, 5.41) is 3.71. The van der Waals surface area contributed by atoms with Crippen LogP contribution in [0.5, 0.6) is 0 Å². The zero-order valence-electron chi connectivity index (χ0n) is 10.9. The van der Waals surface area contributed by atoms with Crippen LogP contribution in [0.25, 0.3) is 0 Å². The van der Waals surface area contributed by atoms with Crippen LogP contribution in [-0.2, 0) is 4.74 Å². The maximum Gasteiger partial charge on any atom is 0.0535 e. The zero-order chi connectivity index (χ0) is 11.4. The number of nitrogens with one attached hydrogen (secondary N) is 1. The fraction of sp³-hybridized carbons (Fsp3) is 1.00. The highest BCUT2D eigenvalue weighted by atomic mass is 16.5. The van der Waals surface area contributed by atoms with Crippen molar-refractivity contribution in [3.63, 3.8) is 0 Å². The molecule has 2 unspecified atom stereocenters. The molecule has 0 spiro atoms. The Morgan fingerprint density at radius 3 is 2.81 bits per heavy atom. The smallest absolute Gasteiger partial charge is 0.0535 e. The summed E-state index contributed by atoms with van der Waals surface area (Å²) < 4.78 is 5.65. The standard InChI is InChI=1S/C14H27NO/c1-3-4-12(2)9-14(7-8-16-11-14)10-15-13-5-6-13/h12-13,15H,3-11H2,1-2H3. The summed E-state index contributed by atoms with van der Waals surface area (Å²) >= 11 is 0. The minimum Gasteiger partial charge on any atom is -0.381 e. The van der Waals surface area contributed by atoms with Crippen LogP contribution in [0.15, 0.2) is 0 Å². The summed E-state index contributed by atoms with van der Waals surface area (Å²) in [5.41, 5.74) is 0.456. The van der Waals surface area contributed by atoms with E-state index in [1.165, 1.54) is 45.1 Å². The Kier molecular flexibility index (Phi) is 4.26. The van der Waals surface area contributed by atoms with Gasteiger partial charge in [-0.3, -0.25) is 0 Å². The Morgan fingerprint density at radius 1 is 1.44 bits per heavy atom. The van der Waals surface area contributed by atoms with E-state index in [1.54, 1.807) is 0 Å². The van der Waals surface area contributed by atoms with Gasteiger partial charge in [0, 0.05) is 24.6 Å². The Balaban J connectivity index is 1.81. The van der Waals surface area contributed by atoms with E-state index in [0.717, 1.165) is 25.2 Å². The van der Waals surface area contributed by atoms with Gasteiger partial charge in [-0.25, -0.2) is 0 Å². The average Bonchev–Trinajstić information content (AvgIpc) is 2.98. The molecule has 1 aliphatic heterocycles. The average molecular weight is 225 g/mol. The van der Waals surface area contributed by atoms with E-state index in [0.29, 0.717) is 5.41 Å². The predicted molar refractivity (Wildman–Crippen MR) is 67.6 cm³/mol. The van der Waals surface area contributed by atoms with Crippen molar-refractivity contribution < 1.29 is 4.74 Å². The van der Waals surface area contributed by atoms with E-state index in [-0.39, 0.29) is 0 Å². The highest BCUT2D eigenvalue weighted by Crippen LogP contribution is 2.37. The summed E-state index contributed by atoms with van der Waals surface area (Å²) in [6.45, 7) is 7.84. The lowest BCUT2D eigenvalue weighted by molar-refractivity contribution is 0.131. The van der Waals surface area contributed by atoms with Gasteiger partial charge < -0.3 is 10.1 Å². The van der Waals surface area contributed by atoms with Gasteiger partial charge in [0.2, 0.25) is 0 Å². The van der Waals surface area contributed by atoms with Crippen molar-refractivity contribution >= 4 is 0 Å². The minimum atomic E-state index is 0.456. The monoisotopic (exact) mass is 225 g/mol. The molecule has 1 saturated carbocycles. The van der Waals surface area contributed by atoms with Crippen LogP contribution < -0.4 is 5.32 Å². The topological polar surface area (TPSA) is 21.3 Å². The van der Waals surface area contributed by atoms with E-state index in [2.05, 4.69) is 19.2 Å². The first-order chi connectivity index (χ1) is 7.74. The van der Waals surface area contributed by atoms with E-state index < -0.39 is 0 Å². The van der Waals surface area contributed by atoms with Gasteiger partial charge in [0.15, 0.2) is 0 Å². The number of rotatable bonds is 7. The summed E-state index contributed by atoms with van der Waals surface area (Å²) in [4.78, 5) is 0. The second-order valence-corrected chi connectivity index (χ2v) is 6.06. The van der Waals surface area contributed by atoms with Crippen LogP contribution in [0, 0.1) is 11.3 Å². The Bertz CT molecular complexity index is 207. The van der Waals surface area contributed by atoms with Gasteiger partial charge >= 0.3 is 0 Å². The zero-order valence-corrected chi connectivity index (χ0v) is 10.9. The van der Waals surface area contributed by atoms with Crippen molar-refractivity contribution in [2.45, 2.75) is 58.4 Å². The molecule has 2 aliphatic rings. The Hall–Kier alpha value is -0.0800. The Labute approximate surface area is 100 Å². The molecule has 0 aromatic heterocycles. The van der Waals surface area contributed by atoms with E-state index >= 15 is 0 Å². The molecule has 2 fully saturated rings. The van der Waals surface area contributed by atoms with Crippen LogP contribution >= 0.6 is 0 Å². The molecular formula is C14H27NO. The summed E-state index contributed by atoms with van der Waals surface area (Å²) in [7, 11) is 0. The number of hydrogen-bond acceptors (Lipinski definition) is 2. The van der Waals surface area contributed by atoms with Crippen molar-refractivity contribution in [1.82, 2.24) is 5.32 Å². The van der Waals surface area contributed by atoms with Crippen LogP contribution in [0.3, 0.4) is 0 Å². The second kappa shape index (κ2) is 5.50. The number of hydrogen-bond donors (Lipinski definition) is 1. The molecule has 16 heavy (non-hydrogen) atoms. The molecule has 2 nitrogen and oxygen atoms in total. The van der Waals surface area contributed by atoms with Crippen LogP contribution in [0.4, 0.5) is 0 Å².